The summed E-state index contributed by atoms with van der Waals surface area (Å²) in [6.45, 7) is 1.45. The number of alkyl halides is 3. The minimum atomic E-state index is -5.09. The monoisotopic (exact) mass is 413 g/mol. The van der Waals surface area contributed by atoms with Crippen LogP contribution in [0.5, 0.6) is 0 Å². The first-order valence-electron chi connectivity index (χ1n) is 6.66. The van der Waals surface area contributed by atoms with Crippen LogP contribution < -0.4 is 15.2 Å². The van der Waals surface area contributed by atoms with Crippen LogP contribution in [0.25, 0.3) is 0 Å². The Labute approximate surface area is 144 Å². The number of hydrogen-bond donors (Lipinski definition) is 3. The van der Waals surface area contributed by atoms with Crippen molar-refractivity contribution in [1.29, 1.82) is 0 Å². The number of sulfonamides is 2. The molecule has 1 aromatic carbocycles. The summed E-state index contributed by atoms with van der Waals surface area (Å²) in [5.41, 5.74) is -1.87. The van der Waals surface area contributed by atoms with Gasteiger partial charge in [0.15, 0.2) is 0 Å². The summed E-state index contributed by atoms with van der Waals surface area (Å²) >= 11 is 0. The van der Waals surface area contributed by atoms with E-state index in [4.69, 9.17) is 5.14 Å². The number of primary sulfonamides is 1. The molecule has 142 valence electrons. The van der Waals surface area contributed by atoms with Crippen molar-refractivity contribution in [2.75, 3.05) is 5.32 Å². The average molecular weight is 413 g/mol. The van der Waals surface area contributed by atoms with E-state index in [9.17, 15) is 30.0 Å². The van der Waals surface area contributed by atoms with Crippen molar-refractivity contribution in [3.8, 4) is 0 Å². The van der Waals surface area contributed by atoms with Gasteiger partial charge in [-0.2, -0.15) is 17.9 Å². The van der Waals surface area contributed by atoms with Gasteiger partial charge in [-0.15, -0.1) is 0 Å². The van der Waals surface area contributed by atoms with Crippen molar-refractivity contribution in [3.05, 3.63) is 29.1 Å². The normalized spacial score (nSPS) is 19.7. The Hall–Kier alpha value is -2.23. The van der Waals surface area contributed by atoms with Crippen molar-refractivity contribution >= 4 is 25.7 Å². The molecule has 0 amide bonds. The molecule has 10 nitrogen and oxygen atoms in total. The number of rotatable bonds is 2. The zero-order valence-corrected chi connectivity index (χ0v) is 14.3. The lowest BCUT2D eigenvalue weighted by Crippen LogP contribution is -2.39. The van der Waals surface area contributed by atoms with E-state index < -0.39 is 53.4 Å². The van der Waals surface area contributed by atoms with Crippen molar-refractivity contribution in [2.45, 2.75) is 29.1 Å². The van der Waals surface area contributed by atoms with Crippen LogP contribution in [0.3, 0.4) is 0 Å². The maximum absolute atomic E-state index is 13.2. The third kappa shape index (κ3) is 3.13. The van der Waals surface area contributed by atoms with E-state index in [0.717, 1.165) is 0 Å². The van der Waals surface area contributed by atoms with Crippen molar-refractivity contribution in [3.63, 3.8) is 0 Å². The van der Waals surface area contributed by atoms with Gasteiger partial charge in [-0.1, -0.05) is 10.3 Å². The number of anilines is 1. The predicted octanol–water partition coefficient (Wildman–Crippen LogP) is 0.447. The van der Waals surface area contributed by atoms with Gasteiger partial charge in [0, 0.05) is 0 Å². The minimum absolute atomic E-state index is 0.00306. The molecule has 0 radical (unpaired) electrons. The van der Waals surface area contributed by atoms with Crippen LogP contribution in [-0.4, -0.2) is 27.1 Å². The molecule has 15 heteroatoms. The molecule has 26 heavy (non-hydrogen) atoms. The topological polar surface area (TPSA) is 157 Å². The molecule has 0 saturated heterocycles. The summed E-state index contributed by atoms with van der Waals surface area (Å²) in [6.07, 6.45) is -6.35. The molecular formula is C11H10F3N5O5S2. The standard InChI is InChI=1S/C11H10F3N5O5S2/c1-4-9(18-24-17-4)10-16-6-2-5(11(12,13)14)7(25(15,20)21)3-8(6)26(22,23)19-10/h2-3,10,16,19H,1H3,(H2,15,20,21). The number of nitrogens with one attached hydrogen (secondary N) is 2. The van der Waals surface area contributed by atoms with Crippen LogP contribution in [0.1, 0.15) is 23.1 Å². The molecule has 0 saturated carbocycles. The lowest BCUT2D eigenvalue weighted by molar-refractivity contribution is -0.139. The second kappa shape index (κ2) is 5.63. The van der Waals surface area contributed by atoms with E-state index in [0.29, 0.717) is 12.1 Å². The van der Waals surface area contributed by atoms with Crippen LogP contribution >= 0.6 is 0 Å². The van der Waals surface area contributed by atoms with Gasteiger partial charge < -0.3 is 5.32 Å². The summed E-state index contributed by atoms with van der Waals surface area (Å²) in [4.78, 5) is -2.06. The number of halogens is 3. The Kier molecular flexibility index (Phi) is 4.02. The average Bonchev–Trinajstić information content (AvgIpc) is 2.89. The van der Waals surface area contributed by atoms with E-state index in [2.05, 4.69) is 25.0 Å². The van der Waals surface area contributed by atoms with E-state index >= 15 is 0 Å². The van der Waals surface area contributed by atoms with Crippen LogP contribution in [0, 0.1) is 6.92 Å². The van der Waals surface area contributed by atoms with Crippen molar-refractivity contribution in [1.82, 2.24) is 15.0 Å². The fraction of sp³-hybridized carbons (Fsp3) is 0.273. The Bertz CT molecular complexity index is 1090. The van der Waals surface area contributed by atoms with Crippen LogP contribution in [0.2, 0.25) is 0 Å². The molecule has 2 aromatic rings. The highest BCUT2D eigenvalue weighted by molar-refractivity contribution is 7.90. The van der Waals surface area contributed by atoms with Crippen molar-refractivity contribution in [2.24, 2.45) is 5.14 Å². The lowest BCUT2D eigenvalue weighted by atomic mass is 10.1. The fourth-order valence-electron chi connectivity index (χ4n) is 2.38. The molecule has 2 heterocycles. The summed E-state index contributed by atoms with van der Waals surface area (Å²) in [5, 5.41) is 14.3. The molecule has 0 bridgehead atoms. The van der Waals surface area contributed by atoms with Gasteiger partial charge in [0.1, 0.15) is 22.4 Å². The summed E-state index contributed by atoms with van der Waals surface area (Å²) in [5.74, 6) is 0. The smallest absolute Gasteiger partial charge is 0.363 e. The maximum atomic E-state index is 13.2. The fourth-order valence-corrected chi connectivity index (χ4v) is 4.51. The number of hydrogen-bond acceptors (Lipinski definition) is 8. The third-order valence-electron chi connectivity index (χ3n) is 3.52. The first kappa shape index (κ1) is 18.6. The van der Waals surface area contributed by atoms with E-state index in [1.807, 2.05) is 0 Å². The maximum Gasteiger partial charge on any atom is 0.417 e. The van der Waals surface area contributed by atoms with Crippen molar-refractivity contribution < 1.29 is 34.6 Å². The minimum Gasteiger partial charge on any atom is -0.363 e. The largest absolute Gasteiger partial charge is 0.417 e. The zero-order chi connectivity index (χ0) is 19.5. The Morgan fingerprint density at radius 2 is 1.92 bits per heavy atom. The molecule has 1 unspecified atom stereocenters. The Balaban J connectivity index is 2.25. The summed E-state index contributed by atoms with van der Waals surface area (Å²) in [6, 6.07) is 0.719. The predicted molar refractivity (Wildman–Crippen MR) is 78.5 cm³/mol. The van der Waals surface area contributed by atoms with Gasteiger partial charge >= 0.3 is 6.18 Å². The first-order chi connectivity index (χ1) is 11.8. The van der Waals surface area contributed by atoms with E-state index in [1.165, 1.54) is 6.92 Å². The molecule has 0 aliphatic carbocycles. The highest BCUT2D eigenvalue weighted by Gasteiger charge is 2.41. The van der Waals surface area contributed by atoms with Crippen LogP contribution in [-0.2, 0) is 26.2 Å². The second-order valence-corrected chi connectivity index (χ2v) is 8.53. The van der Waals surface area contributed by atoms with Gasteiger partial charge in [0.25, 0.3) is 0 Å². The van der Waals surface area contributed by atoms with Crippen LogP contribution in [0.15, 0.2) is 26.6 Å². The van der Waals surface area contributed by atoms with Gasteiger partial charge in [-0.3, -0.25) is 0 Å². The van der Waals surface area contributed by atoms with Gasteiger partial charge in [0.05, 0.1) is 16.1 Å². The number of fused-ring (bicyclic) bond motifs is 1. The SMILES string of the molecule is Cc1nonc1C1Nc2cc(C(F)(F)F)c(S(N)(=O)=O)cc2S(=O)(=O)N1. The van der Waals surface area contributed by atoms with Gasteiger partial charge in [-0.25, -0.2) is 26.6 Å². The van der Waals surface area contributed by atoms with Gasteiger partial charge in [0.2, 0.25) is 20.0 Å². The molecular weight excluding hydrogens is 403 g/mol. The molecule has 1 atom stereocenters. The number of aromatic nitrogens is 2. The van der Waals surface area contributed by atoms with Gasteiger partial charge in [-0.05, 0) is 19.1 Å². The van der Waals surface area contributed by atoms with Crippen LogP contribution in [0.4, 0.5) is 18.9 Å². The molecule has 0 fully saturated rings. The molecule has 1 aliphatic heterocycles. The second-order valence-electron chi connectivity index (χ2n) is 5.32. The number of nitrogens with zero attached hydrogens (tertiary/aromatic N) is 2. The summed E-state index contributed by atoms with van der Waals surface area (Å²) in [7, 11) is -9.23. The zero-order valence-electron chi connectivity index (χ0n) is 12.7. The Morgan fingerprint density at radius 3 is 2.42 bits per heavy atom. The molecule has 1 aromatic heterocycles. The highest BCUT2D eigenvalue weighted by atomic mass is 32.2. The molecule has 3 rings (SSSR count). The number of nitrogens with two attached hydrogens (primary N) is 1. The van der Waals surface area contributed by atoms with E-state index in [1.54, 1.807) is 0 Å². The third-order valence-corrected chi connectivity index (χ3v) is 5.93. The lowest BCUT2D eigenvalue weighted by Gasteiger charge is -2.28. The highest BCUT2D eigenvalue weighted by Crippen LogP contribution is 2.40. The summed E-state index contributed by atoms with van der Waals surface area (Å²) < 4.78 is 94.0. The molecule has 1 aliphatic rings. The molecule has 0 spiro atoms. The number of benzene rings is 1. The Morgan fingerprint density at radius 1 is 1.27 bits per heavy atom. The molecule has 4 N–H and O–H groups in total. The quantitative estimate of drug-likeness (QED) is 0.640. The van der Waals surface area contributed by atoms with E-state index in [-0.39, 0.29) is 11.4 Å². The first-order valence-corrected chi connectivity index (χ1v) is 9.69. The number of aryl methyl sites for hydroxylation is 1.